The van der Waals surface area contributed by atoms with Crippen molar-refractivity contribution in [1.29, 1.82) is 0 Å². The van der Waals surface area contributed by atoms with Gasteiger partial charge >= 0.3 is 13.1 Å². The van der Waals surface area contributed by atoms with E-state index in [9.17, 15) is 0 Å². The molecule has 0 aliphatic carbocycles. The molecule has 1 aromatic heterocycles. The van der Waals surface area contributed by atoms with Crippen LogP contribution in [-0.4, -0.2) is 34.2 Å². The van der Waals surface area contributed by atoms with Crippen molar-refractivity contribution in [2.75, 3.05) is 7.11 Å². The van der Waals surface area contributed by atoms with Crippen LogP contribution in [0.2, 0.25) is 0 Å². The van der Waals surface area contributed by atoms with E-state index in [0.717, 1.165) is 0 Å². The van der Waals surface area contributed by atoms with Crippen molar-refractivity contribution in [1.82, 2.24) is 9.97 Å². The summed E-state index contributed by atoms with van der Waals surface area (Å²) in [4.78, 5) is 7.34. The maximum atomic E-state index is 8.65. The van der Waals surface area contributed by atoms with Gasteiger partial charge in [-0.05, 0) is 6.07 Å². The number of hydrogen-bond donors (Lipinski definition) is 2. The third-order valence-corrected chi connectivity index (χ3v) is 1.10. The SMILES string of the molecule is COc1nccc(B(O)O)n1. The predicted molar refractivity (Wildman–Crippen MR) is 38.4 cm³/mol. The van der Waals surface area contributed by atoms with E-state index < -0.39 is 7.12 Å². The number of ether oxygens (including phenoxy) is 1. The van der Waals surface area contributed by atoms with Gasteiger partial charge in [-0.1, -0.05) is 0 Å². The first-order chi connectivity index (χ1) is 5.24. The molecule has 1 rings (SSSR count). The third kappa shape index (κ3) is 1.89. The van der Waals surface area contributed by atoms with E-state index in [1.54, 1.807) is 0 Å². The molecule has 0 aliphatic heterocycles. The van der Waals surface area contributed by atoms with E-state index in [1.165, 1.54) is 19.4 Å². The molecule has 0 amide bonds. The first-order valence-electron chi connectivity index (χ1n) is 2.97. The van der Waals surface area contributed by atoms with Crippen molar-refractivity contribution in [3.8, 4) is 6.01 Å². The lowest BCUT2D eigenvalue weighted by Gasteiger charge is -1.99. The smallest absolute Gasteiger partial charge is 0.467 e. The summed E-state index contributed by atoms with van der Waals surface area (Å²) in [5, 5.41) is 17.3. The first-order valence-corrected chi connectivity index (χ1v) is 2.97. The number of aromatic nitrogens is 2. The molecule has 0 aliphatic rings. The van der Waals surface area contributed by atoms with Gasteiger partial charge in [0.1, 0.15) is 0 Å². The van der Waals surface area contributed by atoms with E-state index >= 15 is 0 Å². The standard InChI is InChI=1S/C5H7BN2O3/c1-11-5-7-3-2-4(8-5)6(9)10/h2-3,9-10H,1H3. The van der Waals surface area contributed by atoms with E-state index in [-0.39, 0.29) is 11.6 Å². The molecule has 1 heterocycles. The monoisotopic (exact) mass is 154 g/mol. The van der Waals surface area contributed by atoms with Gasteiger partial charge < -0.3 is 14.8 Å². The molecule has 1 aromatic rings. The highest BCUT2D eigenvalue weighted by atomic mass is 16.5. The minimum absolute atomic E-state index is 0.121. The largest absolute Gasteiger partial charge is 0.508 e. The summed E-state index contributed by atoms with van der Waals surface area (Å²) >= 11 is 0. The Balaban J connectivity index is 2.91. The zero-order chi connectivity index (χ0) is 8.27. The Hall–Kier alpha value is -1.14. The molecule has 58 valence electrons. The molecule has 0 radical (unpaired) electrons. The van der Waals surface area contributed by atoms with Gasteiger partial charge in [0.25, 0.3) is 0 Å². The molecular formula is C5H7BN2O3. The number of hydrogen-bond acceptors (Lipinski definition) is 5. The molecule has 11 heavy (non-hydrogen) atoms. The van der Waals surface area contributed by atoms with Crippen LogP contribution in [0.25, 0.3) is 0 Å². The molecule has 0 aromatic carbocycles. The summed E-state index contributed by atoms with van der Waals surface area (Å²) in [5.74, 6) is 0. The van der Waals surface area contributed by atoms with Crippen LogP contribution in [-0.2, 0) is 0 Å². The van der Waals surface area contributed by atoms with Crippen molar-refractivity contribution in [2.45, 2.75) is 0 Å². The number of methoxy groups -OCH3 is 1. The van der Waals surface area contributed by atoms with Crippen LogP contribution in [0.3, 0.4) is 0 Å². The maximum absolute atomic E-state index is 8.65. The average Bonchev–Trinajstić information content (AvgIpc) is 2.05. The molecule has 0 unspecified atom stereocenters. The van der Waals surface area contributed by atoms with Crippen molar-refractivity contribution in [2.24, 2.45) is 0 Å². The summed E-state index contributed by atoms with van der Waals surface area (Å²) in [5.41, 5.74) is 0.122. The minimum atomic E-state index is -1.58. The van der Waals surface area contributed by atoms with E-state index in [2.05, 4.69) is 14.7 Å². The highest BCUT2D eigenvalue weighted by Crippen LogP contribution is 1.93. The third-order valence-electron chi connectivity index (χ3n) is 1.10. The number of rotatable bonds is 2. The van der Waals surface area contributed by atoms with Crippen molar-refractivity contribution in [3.05, 3.63) is 12.3 Å². The fourth-order valence-electron chi connectivity index (χ4n) is 0.596. The van der Waals surface area contributed by atoms with Crippen LogP contribution < -0.4 is 10.3 Å². The summed E-state index contributed by atoms with van der Waals surface area (Å²) in [7, 11) is -0.171. The van der Waals surface area contributed by atoms with Gasteiger partial charge in [0.05, 0.1) is 12.7 Å². The van der Waals surface area contributed by atoms with Gasteiger partial charge in [-0.25, -0.2) is 9.97 Å². The average molecular weight is 154 g/mol. The zero-order valence-corrected chi connectivity index (χ0v) is 5.93. The second kappa shape index (κ2) is 3.31. The Morgan fingerprint density at radius 3 is 2.82 bits per heavy atom. The molecule has 5 nitrogen and oxygen atoms in total. The fourth-order valence-corrected chi connectivity index (χ4v) is 0.596. The maximum Gasteiger partial charge on any atom is 0.508 e. The summed E-state index contributed by atoms with van der Waals surface area (Å²) < 4.78 is 4.66. The quantitative estimate of drug-likeness (QED) is 0.489. The lowest BCUT2D eigenvalue weighted by atomic mass is 9.86. The predicted octanol–water partition coefficient (Wildman–Crippen LogP) is -1.84. The van der Waals surface area contributed by atoms with Crippen molar-refractivity contribution < 1.29 is 14.8 Å². The van der Waals surface area contributed by atoms with Crippen LogP contribution in [0.4, 0.5) is 0 Å². The summed E-state index contributed by atoms with van der Waals surface area (Å²) in [6.07, 6.45) is 1.39. The van der Waals surface area contributed by atoms with Gasteiger partial charge in [-0.2, -0.15) is 0 Å². The lowest BCUT2D eigenvalue weighted by molar-refractivity contribution is 0.378. The zero-order valence-electron chi connectivity index (χ0n) is 5.93. The van der Waals surface area contributed by atoms with Crippen LogP contribution in [0, 0.1) is 0 Å². The molecule has 0 saturated heterocycles. The van der Waals surface area contributed by atoms with E-state index in [0.29, 0.717) is 0 Å². The molecule has 0 spiro atoms. The lowest BCUT2D eigenvalue weighted by Crippen LogP contribution is -2.32. The number of nitrogens with zero attached hydrogens (tertiary/aromatic N) is 2. The second-order valence-corrected chi connectivity index (χ2v) is 1.84. The van der Waals surface area contributed by atoms with Crippen LogP contribution >= 0.6 is 0 Å². The Labute approximate surface area is 63.8 Å². The van der Waals surface area contributed by atoms with Crippen LogP contribution in [0.5, 0.6) is 6.01 Å². The Morgan fingerprint density at radius 1 is 1.55 bits per heavy atom. The van der Waals surface area contributed by atoms with E-state index in [1.807, 2.05) is 0 Å². The molecule has 2 N–H and O–H groups in total. The second-order valence-electron chi connectivity index (χ2n) is 1.84. The van der Waals surface area contributed by atoms with Crippen molar-refractivity contribution >= 4 is 12.7 Å². The van der Waals surface area contributed by atoms with E-state index in [4.69, 9.17) is 10.0 Å². The highest BCUT2D eigenvalue weighted by molar-refractivity contribution is 6.57. The minimum Gasteiger partial charge on any atom is -0.467 e. The molecule has 0 saturated carbocycles. The summed E-state index contributed by atoms with van der Waals surface area (Å²) in [6.45, 7) is 0. The summed E-state index contributed by atoms with van der Waals surface area (Å²) in [6, 6.07) is 1.52. The van der Waals surface area contributed by atoms with Gasteiger partial charge in [0, 0.05) is 6.20 Å². The topological polar surface area (TPSA) is 75.5 Å². The Bertz CT molecular complexity index is 243. The first kappa shape index (κ1) is 7.97. The normalized spacial score (nSPS) is 9.36. The Morgan fingerprint density at radius 2 is 2.27 bits per heavy atom. The van der Waals surface area contributed by atoms with Gasteiger partial charge in [-0.3, -0.25) is 0 Å². The Kier molecular flexibility index (Phi) is 2.40. The molecular weight excluding hydrogens is 147 g/mol. The molecule has 0 fully saturated rings. The van der Waals surface area contributed by atoms with Gasteiger partial charge in [0.15, 0.2) is 0 Å². The highest BCUT2D eigenvalue weighted by Gasteiger charge is 2.13. The van der Waals surface area contributed by atoms with Crippen molar-refractivity contribution in [3.63, 3.8) is 0 Å². The van der Waals surface area contributed by atoms with Gasteiger partial charge in [0.2, 0.25) is 0 Å². The molecule has 6 heteroatoms. The molecule has 0 bridgehead atoms. The van der Waals surface area contributed by atoms with Crippen LogP contribution in [0.15, 0.2) is 12.3 Å². The molecule has 0 atom stereocenters. The van der Waals surface area contributed by atoms with Crippen LogP contribution in [0.1, 0.15) is 0 Å². The van der Waals surface area contributed by atoms with Gasteiger partial charge in [-0.15, -0.1) is 0 Å². The fraction of sp³-hybridized carbons (Fsp3) is 0.200.